The molecule has 1 amide bonds. The third-order valence-corrected chi connectivity index (χ3v) is 2.99. The maximum atomic E-state index is 11.8. The first-order chi connectivity index (χ1) is 7.91. The fourth-order valence-electron chi connectivity index (χ4n) is 1.23. The van der Waals surface area contributed by atoms with Gasteiger partial charge in [0, 0.05) is 18.3 Å². The van der Waals surface area contributed by atoms with Crippen molar-refractivity contribution in [3.05, 3.63) is 28.8 Å². The van der Waals surface area contributed by atoms with Gasteiger partial charge in [-0.3, -0.25) is 4.79 Å². The highest BCUT2D eigenvalue weighted by molar-refractivity contribution is 6.34. The molecule has 0 aliphatic heterocycles. The largest absolute Gasteiger partial charge is 0.399 e. The monoisotopic (exact) mass is 255 g/mol. The lowest BCUT2D eigenvalue weighted by atomic mass is 10.2. The van der Waals surface area contributed by atoms with Gasteiger partial charge in [-0.25, -0.2) is 0 Å². The fourth-order valence-corrected chi connectivity index (χ4v) is 1.51. The van der Waals surface area contributed by atoms with Crippen molar-refractivity contribution in [2.45, 2.75) is 13.0 Å². The zero-order valence-corrected chi connectivity index (χ0v) is 11.1. The van der Waals surface area contributed by atoms with Crippen LogP contribution in [-0.4, -0.2) is 37.5 Å². The highest BCUT2D eigenvalue weighted by Crippen LogP contribution is 2.18. The molecule has 1 rings (SSSR count). The van der Waals surface area contributed by atoms with E-state index in [0.717, 1.165) is 0 Å². The van der Waals surface area contributed by atoms with E-state index in [1.165, 1.54) is 0 Å². The molecule has 0 saturated heterocycles. The lowest BCUT2D eigenvalue weighted by Gasteiger charge is -2.20. The van der Waals surface area contributed by atoms with Crippen LogP contribution in [0.15, 0.2) is 18.2 Å². The molecule has 1 atom stereocenters. The van der Waals surface area contributed by atoms with Crippen molar-refractivity contribution in [3.8, 4) is 0 Å². The SMILES string of the molecule is CC(CNC(=O)c1ccc(N)cc1Cl)N(C)C. The molecule has 0 bridgehead atoms. The number of rotatable bonds is 4. The number of hydrogen-bond donors (Lipinski definition) is 2. The summed E-state index contributed by atoms with van der Waals surface area (Å²) in [7, 11) is 3.93. The van der Waals surface area contributed by atoms with E-state index in [1.54, 1.807) is 18.2 Å². The first-order valence-corrected chi connectivity index (χ1v) is 5.79. The van der Waals surface area contributed by atoms with Gasteiger partial charge in [0.2, 0.25) is 0 Å². The molecule has 0 fully saturated rings. The van der Waals surface area contributed by atoms with E-state index < -0.39 is 0 Å². The summed E-state index contributed by atoms with van der Waals surface area (Å²) in [6, 6.07) is 5.14. The molecule has 0 spiro atoms. The third-order valence-electron chi connectivity index (χ3n) is 2.68. The molecule has 17 heavy (non-hydrogen) atoms. The second-order valence-electron chi connectivity index (χ2n) is 4.26. The molecule has 1 unspecified atom stereocenters. The van der Waals surface area contributed by atoms with Crippen molar-refractivity contribution < 1.29 is 4.79 Å². The summed E-state index contributed by atoms with van der Waals surface area (Å²) < 4.78 is 0. The molecule has 0 saturated carbocycles. The van der Waals surface area contributed by atoms with E-state index in [4.69, 9.17) is 17.3 Å². The van der Waals surface area contributed by atoms with Crippen LogP contribution < -0.4 is 11.1 Å². The first-order valence-electron chi connectivity index (χ1n) is 5.41. The molecule has 0 radical (unpaired) electrons. The summed E-state index contributed by atoms with van der Waals surface area (Å²) in [4.78, 5) is 13.9. The number of carbonyl (C=O) groups is 1. The summed E-state index contributed by atoms with van der Waals surface area (Å²) >= 11 is 5.95. The minimum Gasteiger partial charge on any atom is -0.399 e. The van der Waals surface area contributed by atoms with Crippen LogP contribution in [0.3, 0.4) is 0 Å². The maximum Gasteiger partial charge on any atom is 0.252 e. The van der Waals surface area contributed by atoms with Gasteiger partial charge in [-0.2, -0.15) is 0 Å². The van der Waals surface area contributed by atoms with Crippen molar-refractivity contribution in [1.29, 1.82) is 0 Å². The number of amides is 1. The number of carbonyl (C=O) groups excluding carboxylic acids is 1. The van der Waals surface area contributed by atoms with E-state index >= 15 is 0 Å². The summed E-state index contributed by atoms with van der Waals surface area (Å²) in [5.74, 6) is -0.177. The van der Waals surface area contributed by atoms with Crippen molar-refractivity contribution >= 4 is 23.2 Å². The van der Waals surface area contributed by atoms with E-state index in [-0.39, 0.29) is 11.9 Å². The Morgan fingerprint density at radius 3 is 2.71 bits per heavy atom. The van der Waals surface area contributed by atoms with Gasteiger partial charge in [0.05, 0.1) is 10.6 Å². The quantitative estimate of drug-likeness (QED) is 0.804. The van der Waals surface area contributed by atoms with Gasteiger partial charge < -0.3 is 16.0 Å². The molecule has 0 aliphatic rings. The summed E-state index contributed by atoms with van der Waals surface area (Å²) in [5, 5.41) is 3.21. The normalized spacial score (nSPS) is 12.5. The first kappa shape index (κ1) is 13.8. The van der Waals surface area contributed by atoms with E-state index in [9.17, 15) is 4.79 Å². The van der Waals surface area contributed by atoms with Crippen LogP contribution in [0.5, 0.6) is 0 Å². The van der Waals surface area contributed by atoms with Gasteiger partial charge in [-0.15, -0.1) is 0 Å². The Labute approximate surface area is 107 Å². The third kappa shape index (κ3) is 3.91. The average Bonchev–Trinajstić information content (AvgIpc) is 2.25. The van der Waals surface area contributed by atoms with Crippen LogP contribution in [0.2, 0.25) is 5.02 Å². The number of nitrogens with zero attached hydrogens (tertiary/aromatic N) is 1. The lowest BCUT2D eigenvalue weighted by molar-refractivity contribution is 0.0944. The number of nitrogen functional groups attached to an aromatic ring is 1. The molecule has 1 aromatic rings. The Bertz CT molecular complexity index is 407. The topological polar surface area (TPSA) is 58.4 Å². The van der Waals surface area contributed by atoms with Crippen LogP contribution in [0.4, 0.5) is 5.69 Å². The second kappa shape index (κ2) is 5.89. The summed E-state index contributed by atoms with van der Waals surface area (Å²) in [6.45, 7) is 2.61. The smallest absolute Gasteiger partial charge is 0.252 e. The fraction of sp³-hybridized carbons (Fsp3) is 0.417. The van der Waals surface area contributed by atoms with Gasteiger partial charge in [0.15, 0.2) is 0 Å². The predicted octanol–water partition coefficient (Wildman–Crippen LogP) is 1.60. The highest BCUT2D eigenvalue weighted by Gasteiger charge is 2.12. The van der Waals surface area contributed by atoms with E-state index in [2.05, 4.69) is 5.32 Å². The number of nitrogens with two attached hydrogens (primary N) is 1. The minimum absolute atomic E-state index is 0.177. The number of anilines is 1. The lowest BCUT2D eigenvalue weighted by Crippen LogP contribution is -2.38. The molecule has 0 aromatic heterocycles. The van der Waals surface area contributed by atoms with Gasteiger partial charge >= 0.3 is 0 Å². The van der Waals surface area contributed by atoms with Crippen LogP contribution in [0, 0.1) is 0 Å². The summed E-state index contributed by atoms with van der Waals surface area (Å²) in [5.41, 5.74) is 6.57. The molecular formula is C12H18ClN3O. The molecule has 0 aliphatic carbocycles. The molecule has 5 heteroatoms. The number of benzene rings is 1. The van der Waals surface area contributed by atoms with Gasteiger partial charge in [-0.05, 0) is 39.2 Å². The van der Waals surface area contributed by atoms with Crippen molar-refractivity contribution in [3.63, 3.8) is 0 Å². The van der Waals surface area contributed by atoms with Crippen LogP contribution in [-0.2, 0) is 0 Å². The van der Waals surface area contributed by atoms with Gasteiger partial charge in [0.25, 0.3) is 5.91 Å². The van der Waals surface area contributed by atoms with Crippen molar-refractivity contribution in [2.75, 3.05) is 26.4 Å². The van der Waals surface area contributed by atoms with Gasteiger partial charge in [0.1, 0.15) is 0 Å². The standard InChI is InChI=1S/C12H18ClN3O/c1-8(16(2)3)7-15-12(17)10-5-4-9(14)6-11(10)13/h4-6,8H,7,14H2,1-3H3,(H,15,17). The minimum atomic E-state index is -0.177. The van der Waals surface area contributed by atoms with Gasteiger partial charge in [-0.1, -0.05) is 11.6 Å². The molecule has 4 nitrogen and oxygen atoms in total. The molecule has 3 N–H and O–H groups in total. The molecular weight excluding hydrogens is 238 g/mol. The van der Waals surface area contributed by atoms with Crippen LogP contribution in [0.1, 0.15) is 17.3 Å². The summed E-state index contributed by atoms with van der Waals surface area (Å²) in [6.07, 6.45) is 0. The number of nitrogens with one attached hydrogen (secondary N) is 1. The van der Waals surface area contributed by atoms with Crippen molar-refractivity contribution in [1.82, 2.24) is 10.2 Å². The maximum absolute atomic E-state index is 11.8. The molecule has 1 aromatic carbocycles. The number of hydrogen-bond acceptors (Lipinski definition) is 3. The predicted molar refractivity (Wildman–Crippen MR) is 71.3 cm³/mol. The zero-order valence-electron chi connectivity index (χ0n) is 10.3. The number of likely N-dealkylation sites (N-methyl/N-ethyl adjacent to an activating group) is 1. The second-order valence-corrected chi connectivity index (χ2v) is 4.67. The zero-order chi connectivity index (χ0) is 13.0. The van der Waals surface area contributed by atoms with Crippen LogP contribution >= 0.6 is 11.6 Å². The highest BCUT2D eigenvalue weighted by atomic mass is 35.5. The Morgan fingerprint density at radius 2 is 2.18 bits per heavy atom. The Morgan fingerprint density at radius 1 is 1.53 bits per heavy atom. The Balaban J connectivity index is 2.64. The average molecular weight is 256 g/mol. The molecule has 94 valence electrons. The molecule has 0 heterocycles. The van der Waals surface area contributed by atoms with E-state index in [0.29, 0.717) is 22.8 Å². The van der Waals surface area contributed by atoms with E-state index in [1.807, 2.05) is 25.9 Å². The van der Waals surface area contributed by atoms with Crippen LogP contribution in [0.25, 0.3) is 0 Å². The van der Waals surface area contributed by atoms with Crippen molar-refractivity contribution in [2.24, 2.45) is 0 Å². The number of halogens is 1. The Kier molecular flexibility index (Phi) is 4.78. The Hall–Kier alpha value is -1.26.